The van der Waals surface area contributed by atoms with Crippen LogP contribution in [-0.2, 0) is 11.2 Å². The van der Waals surface area contributed by atoms with Crippen molar-refractivity contribution in [2.45, 2.75) is 19.4 Å². The minimum atomic E-state index is -0.330. The minimum Gasteiger partial charge on any atom is -0.508 e. The van der Waals surface area contributed by atoms with E-state index in [0.29, 0.717) is 0 Å². The molecule has 1 unspecified atom stereocenters. The van der Waals surface area contributed by atoms with Gasteiger partial charge in [0, 0.05) is 12.2 Å². The van der Waals surface area contributed by atoms with Gasteiger partial charge in [0.15, 0.2) is 0 Å². The van der Waals surface area contributed by atoms with E-state index in [0.717, 1.165) is 29.8 Å². The zero-order chi connectivity index (χ0) is 14.8. The largest absolute Gasteiger partial charge is 0.508 e. The van der Waals surface area contributed by atoms with E-state index in [-0.39, 0.29) is 17.7 Å². The standard InChI is InChI=1S/C17H18N2O2/c1-11-10-13(20)6-7-15(11)19-17(21)16-14-5-3-2-4-12(14)8-9-18-16/h2-7,10,16,18,20H,8-9H2,1H3,(H,19,21). The summed E-state index contributed by atoms with van der Waals surface area (Å²) in [7, 11) is 0. The second kappa shape index (κ2) is 5.58. The Morgan fingerprint density at radius 3 is 2.90 bits per heavy atom. The molecule has 1 amide bonds. The zero-order valence-corrected chi connectivity index (χ0v) is 11.9. The molecule has 3 N–H and O–H groups in total. The first-order chi connectivity index (χ1) is 10.1. The van der Waals surface area contributed by atoms with Crippen LogP contribution >= 0.6 is 0 Å². The van der Waals surface area contributed by atoms with Gasteiger partial charge in [-0.25, -0.2) is 0 Å². The van der Waals surface area contributed by atoms with Crippen LogP contribution in [0, 0.1) is 6.92 Å². The van der Waals surface area contributed by atoms with Gasteiger partial charge in [-0.2, -0.15) is 0 Å². The highest BCUT2D eigenvalue weighted by atomic mass is 16.3. The molecule has 4 nitrogen and oxygen atoms in total. The topological polar surface area (TPSA) is 61.4 Å². The summed E-state index contributed by atoms with van der Waals surface area (Å²) in [6, 6.07) is 12.6. The molecular formula is C17H18N2O2. The van der Waals surface area contributed by atoms with Gasteiger partial charge in [0.2, 0.25) is 5.91 Å². The van der Waals surface area contributed by atoms with Gasteiger partial charge in [0.25, 0.3) is 0 Å². The molecule has 2 aromatic rings. The zero-order valence-electron chi connectivity index (χ0n) is 11.9. The molecule has 2 aromatic carbocycles. The van der Waals surface area contributed by atoms with Gasteiger partial charge in [0.1, 0.15) is 11.8 Å². The van der Waals surface area contributed by atoms with Gasteiger partial charge in [-0.3, -0.25) is 4.79 Å². The molecule has 21 heavy (non-hydrogen) atoms. The Morgan fingerprint density at radius 1 is 1.29 bits per heavy atom. The second-order valence-electron chi connectivity index (χ2n) is 5.32. The van der Waals surface area contributed by atoms with Crippen molar-refractivity contribution in [2.75, 3.05) is 11.9 Å². The lowest BCUT2D eigenvalue weighted by atomic mass is 9.94. The summed E-state index contributed by atoms with van der Waals surface area (Å²) < 4.78 is 0. The number of carbonyl (C=O) groups is 1. The number of hydrogen-bond donors (Lipinski definition) is 3. The molecule has 1 aliphatic rings. The van der Waals surface area contributed by atoms with E-state index >= 15 is 0 Å². The quantitative estimate of drug-likeness (QED) is 0.742. The average Bonchev–Trinajstić information content (AvgIpc) is 2.49. The molecule has 0 bridgehead atoms. The number of aryl methyl sites for hydroxylation is 1. The van der Waals surface area contributed by atoms with E-state index < -0.39 is 0 Å². The summed E-state index contributed by atoms with van der Waals surface area (Å²) >= 11 is 0. The summed E-state index contributed by atoms with van der Waals surface area (Å²) in [6.45, 7) is 2.65. The summed E-state index contributed by atoms with van der Waals surface area (Å²) in [6.07, 6.45) is 0.943. The number of hydrogen-bond acceptors (Lipinski definition) is 3. The molecule has 1 aliphatic heterocycles. The Labute approximate surface area is 123 Å². The van der Waals surface area contributed by atoms with Crippen LogP contribution < -0.4 is 10.6 Å². The fourth-order valence-corrected chi connectivity index (χ4v) is 2.73. The highest BCUT2D eigenvalue weighted by Crippen LogP contribution is 2.25. The predicted molar refractivity (Wildman–Crippen MR) is 82.4 cm³/mol. The van der Waals surface area contributed by atoms with Crippen molar-refractivity contribution < 1.29 is 9.90 Å². The van der Waals surface area contributed by atoms with E-state index in [1.807, 2.05) is 25.1 Å². The van der Waals surface area contributed by atoms with Crippen LogP contribution in [0.25, 0.3) is 0 Å². The van der Waals surface area contributed by atoms with E-state index in [1.165, 1.54) is 5.56 Å². The number of phenolic OH excluding ortho intramolecular Hbond substituents is 1. The molecule has 4 heteroatoms. The van der Waals surface area contributed by atoms with Crippen molar-refractivity contribution in [3.8, 4) is 5.75 Å². The van der Waals surface area contributed by atoms with Crippen molar-refractivity contribution in [3.05, 3.63) is 59.2 Å². The van der Waals surface area contributed by atoms with Crippen molar-refractivity contribution in [1.82, 2.24) is 5.32 Å². The van der Waals surface area contributed by atoms with Crippen LogP contribution in [0.5, 0.6) is 5.75 Å². The van der Waals surface area contributed by atoms with Crippen LogP contribution in [0.2, 0.25) is 0 Å². The Balaban J connectivity index is 1.83. The third-order valence-corrected chi connectivity index (χ3v) is 3.84. The Bertz CT molecular complexity index is 682. The van der Waals surface area contributed by atoms with Gasteiger partial charge >= 0.3 is 0 Å². The van der Waals surface area contributed by atoms with E-state index in [1.54, 1.807) is 18.2 Å². The van der Waals surface area contributed by atoms with Gasteiger partial charge in [-0.05, 0) is 48.2 Å². The average molecular weight is 282 g/mol. The Morgan fingerprint density at radius 2 is 2.10 bits per heavy atom. The molecule has 0 saturated heterocycles. The van der Waals surface area contributed by atoms with Crippen molar-refractivity contribution in [3.63, 3.8) is 0 Å². The van der Waals surface area contributed by atoms with Crippen LogP contribution in [-0.4, -0.2) is 17.6 Å². The fourth-order valence-electron chi connectivity index (χ4n) is 2.73. The number of carbonyl (C=O) groups excluding carboxylic acids is 1. The number of benzene rings is 2. The summed E-state index contributed by atoms with van der Waals surface area (Å²) in [5.74, 6) is 0.127. The summed E-state index contributed by atoms with van der Waals surface area (Å²) in [4.78, 5) is 12.5. The molecule has 0 radical (unpaired) electrons. The highest BCUT2D eigenvalue weighted by molar-refractivity contribution is 5.96. The molecule has 1 heterocycles. The molecule has 0 saturated carbocycles. The molecule has 0 aliphatic carbocycles. The Kier molecular flexibility index (Phi) is 3.62. The maximum absolute atomic E-state index is 12.5. The van der Waals surface area contributed by atoms with Crippen LogP contribution in [0.4, 0.5) is 5.69 Å². The fraction of sp³-hybridized carbons (Fsp3) is 0.235. The van der Waals surface area contributed by atoms with Gasteiger partial charge in [-0.15, -0.1) is 0 Å². The number of amides is 1. The molecule has 0 aromatic heterocycles. The molecular weight excluding hydrogens is 264 g/mol. The normalized spacial score (nSPS) is 17.1. The number of rotatable bonds is 2. The molecule has 0 spiro atoms. The van der Waals surface area contributed by atoms with Crippen molar-refractivity contribution >= 4 is 11.6 Å². The van der Waals surface area contributed by atoms with Gasteiger partial charge in [-0.1, -0.05) is 24.3 Å². The Hall–Kier alpha value is -2.33. The number of fused-ring (bicyclic) bond motifs is 1. The van der Waals surface area contributed by atoms with Crippen LogP contribution in [0.1, 0.15) is 22.7 Å². The number of anilines is 1. The van der Waals surface area contributed by atoms with Crippen molar-refractivity contribution in [1.29, 1.82) is 0 Å². The maximum atomic E-state index is 12.5. The smallest absolute Gasteiger partial charge is 0.246 e. The van der Waals surface area contributed by atoms with E-state index in [2.05, 4.69) is 16.7 Å². The van der Waals surface area contributed by atoms with Crippen molar-refractivity contribution in [2.24, 2.45) is 0 Å². The SMILES string of the molecule is Cc1cc(O)ccc1NC(=O)C1NCCc2ccccc21. The summed E-state index contributed by atoms with van der Waals surface area (Å²) in [5.41, 5.74) is 3.83. The number of phenols is 1. The molecule has 3 rings (SSSR count). The first-order valence-corrected chi connectivity index (χ1v) is 7.07. The lowest BCUT2D eigenvalue weighted by Gasteiger charge is -2.26. The summed E-state index contributed by atoms with van der Waals surface area (Å²) in [5, 5.41) is 15.6. The second-order valence-corrected chi connectivity index (χ2v) is 5.32. The number of nitrogens with one attached hydrogen (secondary N) is 2. The highest BCUT2D eigenvalue weighted by Gasteiger charge is 2.25. The van der Waals surface area contributed by atoms with Crippen LogP contribution in [0.3, 0.4) is 0 Å². The first-order valence-electron chi connectivity index (χ1n) is 7.07. The predicted octanol–water partition coefficient (Wildman–Crippen LogP) is 2.53. The lowest BCUT2D eigenvalue weighted by molar-refractivity contribution is -0.118. The van der Waals surface area contributed by atoms with E-state index in [9.17, 15) is 9.90 Å². The van der Waals surface area contributed by atoms with Gasteiger partial charge < -0.3 is 15.7 Å². The van der Waals surface area contributed by atoms with Crippen LogP contribution in [0.15, 0.2) is 42.5 Å². The minimum absolute atomic E-state index is 0.0732. The van der Waals surface area contributed by atoms with E-state index in [4.69, 9.17) is 0 Å². The molecule has 108 valence electrons. The van der Waals surface area contributed by atoms with Gasteiger partial charge in [0.05, 0.1) is 0 Å². The maximum Gasteiger partial charge on any atom is 0.246 e. The number of aromatic hydroxyl groups is 1. The molecule has 1 atom stereocenters. The monoisotopic (exact) mass is 282 g/mol. The third-order valence-electron chi connectivity index (χ3n) is 3.84. The molecule has 0 fully saturated rings. The third kappa shape index (κ3) is 2.76. The first kappa shape index (κ1) is 13.6. The lowest BCUT2D eigenvalue weighted by Crippen LogP contribution is -2.38.